The van der Waals surface area contributed by atoms with Gasteiger partial charge in [0.2, 0.25) is 0 Å². The van der Waals surface area contributed by atoms with Gasteiger partial charge in [-0.15, -0.1) is 0 Å². The zero-order valence-corrected chi connectivity index (χ0v) is 15.8. The number of hydrogen-bond acceptors (Lipinski definition) is 3. The average molecular weight is 398 g/mol. The lowest BCUT2D eigenvalue weighted by molar-refractivity contribution is -0.149. The van der Waals surface area contributed by atoms with E-state index in [1.54, 1.807) is 24.3 Å². The van der Waals surface area contributed by atoms with Crippen molar-refractivity contribution in [2.45, 2.75) is 19.8 Å². The Hall–Kier alpha value is -2.11. The first kappa shape index (κ1) is 20.2. The minimum Gasteiger partial charge on any atom is -0.455 e. The molecular formula is C19H18Cl2FNO3. The highest BCUT2D eigenvalue weighted by atomic mass is 35.5. The number of carbonyl (C=O) groups is 2. The number of esters is 1. The topological polar surface area (TPSA) is 55.4 Å². The number of rotatable bonds is 6. The smallest absolute Gasteiger partial charge is 0.314 e. The molecule has 0 bridgehead atoms. The summed E-state index contributed by atoms with van der Waals surface area (Å²) in [7, 11) is 0. The van der Waals surface area contributed by atoms with E-state index in [1.165, 1.54) is 12.1 Å². The maximum absolute atomic E-state index is 13.0. The van der Waals surface area contributed by atoms with E-state index in [1.807, 2.05) is 13.8 Å². The van der Waals surface area contributed by atoms with Crippen molar-refractivity contribution in [1.82, 2.24) is 0 Å². The van der Waals surface area contributed by atoms with E-state index < -0.39 is 30.2 Å². The van der Waals surface area contributed by atoms with Gasteiger partial charge in [-0.3, -0.25) is 9.59 Å². The summed E-state index contributed by atoms with van der Waals surface area (Å²) in [6.45, 7) is 3.31. The standard InChI is InChI=1S/C19H18Cl2FNO3/c1-11(2)18(12-3-5-13(20)6-4-12)19(25)26-10-17(24)23-16-8-7-14(22)9-15(16)21/h3-9,11,18H,10H2,1-2H3,(H,23,24)/t18-/m0/s1. The van der Waals surface area contributed by atoms with Crippen molar-refractivity contribution in [3.8, 4) is 0 Å². The number of halogens is 3. The largest absolute Gasteiger partial charge is 0.455 e. The molecule has 0 aliphatic heterocycles. The van der Waals surface area contributed by atoms with Crippen molar-refractivity contribution in [3.05, 3.63) is 63.9 Å². The van der Waals surface area contributed by atoms with Gasteiger partial charge in [0, 0.05) is 5.02 Å². The molecule has 1 atom stereocenters. The van der Waals surface area contributed by atoms with Gasteiger partial charge in [0.25, 0.3) is 5.91 Å². The van der Waals surface area contributed by atoms with E-state index in [0.29, 0.717) is 5.02 Å². The van der Waals surface area contributed by atoms with Crippen LogP contribution in [0.1, 0.15) is 25.3 Å². The Morgan fingerprint density at radius 3 is 2.35 bits per heavy atom. The molecule has 2 aromatic carbocycles. The van der Waals surface area contributed by atoms with Crippen LogP contribution in [-0.4, -0.2) is 18.5 Å². The van der Waals surface area contributed by atoms with Crippen LogP contribution in [0.2, 0.25) is 10.0 Å². The number of carbonyl (C=O) groups excluding carboxylic acids is 2. The summed E-state index contributed by atoms with van der Waals surface area (Å²) in [5.74, 6) is -2.14. The number of hydrogen-bond donors (Lipinski definition) is 1. The van der Waals surface area contributed by atoms with E-state index in [4.69, 9.17) is 27.9 Å². The van der Waals surface area contributed by atoms with Gasteiger partial charge >= 0.3 is 5.97 Å². The zero-order chi connectivity index (χ0) is 19.3. The summed E-state index contributed by atoms with van der Waals surface area (Å²) in [6, 6.07) is 10.5. The van der Waals surface area contributed by atoms with Gasteiger partial charge in [-0.2, -0.15) is 0 Å². The Bertz CT molecular complexity index is 794. The second-order valence-electron chi connectivity index (χ2n) is 6.05. The van der Waals surface area contributed by atoms with Crippen molar-refractivity contribution in [2.75, 3.05) is 11.9 Å². The van der Waals surface area contributed by atoms with E-state index in [9.17, 15) is 14.0 Å². The van der Waals surface area contributed by atoms with Gasteiger partial charge < -0.3 is 10.1 Å². The first-order chi connectivity index (χ1) is 12.3. The van der Waals surface area contributed by atoms with Crippen molar-refractivity contribution < 1.29 is 18.7 Å². The highest BCUT2D eigenvalue weighted by Crippen LogP contribution is 2.27. The molecule has 0 aromatic heterocycles. The summed E-state index contributed by atoms with van der Waals surface area (Å²) in [5, 5.41) is 3.11. The lowest BCUT2D eigenvalue weighted by Gasteiger charge is -2.20. The number of amides is 1. The molecule has 0 heterocycles. The summed E-state index contributed by atoms with van der Waals surface area (Å²) in [6.07, 6.45) is 0. The minimum atomic E-state index is -0.564. The van der Waals surface area contributed by atoms with Gasteiger partial charge in [-0.1, -0.05) is 49.2 Å². The second kappa shape index (κ2) is 9.01. The third kappa shape index (κ3) is 5.44. The third-order valence-corrected chi connectivity index (χ3v) is 4.27. The van der Waals surface area contributed by atoms with Crippen molar-refractivity contribution >= 4 is 40.8 Å². The van der Waals surface area contributed by atoms with Gasteiger partial charge in [-0.25, -0.2) is 4.39 Å². The number of nitrogens with one attached hydrogen (secondary N) is 1. The molecule has 7 heteroatoms. The number of ether oxygens (including phenoxy) is 1. The number of benzene rings is 2. The van der Waals surface area contributed by atoms with Crippen LogP contribution in [0.4, 0.5) is 10.1 Å². The molecule has 0 aliphatic rings. The van der Waals surface area contributed by atoms with E-state index >= 15 is 0 Å². The third-order valence-electron chi connectivity index (χ3n) is 3.70. The molecule has 0 saturated carbocycles. The first-order valence-corrected chi connectivity index (χ1v) is 8.70. The Kier molecular flexibility index (Phi) is 7.00. The Morgan fingerprint density at radius 2 is 1.77 bits per heavy atom. The van der Waals surface area contributed by atoms with Crippen LogP contribution in [0.25, 0.3) is 0 Å². The van der Waals surface area contributed by atoms with Crippen molar-refractivity contribution in [3.63, 3.8) is 0 Å². The SMILES string of the molecule is CC(C)[C@H](C(=O)OCC(=O)Nc1ccc(F)cc1Cl)c1ccc(Cl)cc1. The quantitative estimate of drug-likeness (QED) is 0.693. The molecule has 0 aliphatic carbocycles. The lowest BCUT2D eigenvalue weighted by Crippen LogP contribution is -2.26. The van der Waals surface area contributed by atoms with Crippen LogP contribution in [0.5, 0.6) is 0 Å². The Labute approximate surface area is 161 Å². The summed E-state index contributed by atoms with van der Waals surface area (Å²) >= 11 is 11.7. The molecule has 138 valence electrons. The predicted molar refractivity (Wildman–Crippen MR) is 100 cm³/mol. The minimum absolute atomic E-state index is 0.0294. The Morgan fingerprint density at radius 1 is 1.12 bits per heavy atom. The molecule has 1 amide bonds. The molecule has 2 rings (SSSR count). The highest BCUT2D eigenvalue weighted by Gasteiger charge is 2.26. The summed E-state index contributed by atoms with van der Waals surface area (Å²) in [5.41, 5.74) is 1.00. The fourth-order valence-corrected chi connectivity index (χ4v) is 2.81. The second-order valence-corrected chi connectivity index (χ2v) is 6.90. The molecule has 0 spiro atoms. The molecule has 0 saturated heterocycles. The molecular weight excluding hydrogens is 380 g/mol. The molecule has 2 aromatic rings. The normalized spacial score (nSPS) is 11.9. The monoisotopic (exact) mass is 397 g/mol. The molecule has 0 fully saturated rings. The van der Waals surface area contributed by atoms with Crippen LogP contribution in [-0.2, 0) is 14.3 Å². The predicted octanol–water partition coefficient (Wildman–Crippen LogP) is 5.05. The van der Waals surface area contributed by atoms with Gasteiger partial charge in [0.15, 0.2) is 6.61 Å². The Balaban J connectivity index is 1.98. The molecule has 0 unspecified atom stereocenters. The lowest BCUT2D eigenvalue weighted by atomic mass is 9.88. The maximum Gasteiger partial charge on any atom is 0.314 e. The van der Waals surface area contributed by atoms with Crippen LogP contribution in [0.15, 0.2) is 42.5 Å². The zero-order valence-electron chi connectivity index (χ0n) is 14.3. The van der Waals surface area contributed by atoms with Gasteiger partial charge in [0.05, 0.1) is 16.6 Å². The maximum atomic E-state index is 13.0. The fourth-order valence-electron chi connectivity index (χ4n) is 2.47. The summed E-state index contributed by atoms with van der Waals surface area (Å²) < 4.78 is 18.2. The number of anilines is 1. The molecule has 0 radical (unpaired) electrons. The van der Waals surface area contributed by atoms with Crippen LogP contribution < -0.4 is 5.32 Å². The molecule has 1 N–H and O–H groups in total. The van der Waals surface area contributed by atoms with Gasteiger partial charge in [0.1, 0.15) is 5.82 Å². The van der Waals surface area contributed by atoms with E-state index in [-0.39, 0.29) is 16.6 Å². The van der Waals surface area contributed by atoms with Gasteiger partial charge in [-0.05, 0) is 41.8 Å². The average Bonchev–Trinajstić information content (AvgIpc) is 2.57. The van der Waals surface area contributed by atoms with Crippen molar-refractivity contribution in [1.29, 1.82) is 0 Å². The first-order valence-electron chi connectivity index (χ1n) is 7.95. The van der Waals surface area contributed by atoms with E-state index in [2.05, 4.69) is 5.32 Å². The molecule has 26 heavy (non-hydrogen) atoms. The highest BCUT2D eigenvalue weighted by molar-refractivity contribution is 6.33. The van der Waals surface area contributed by atoms with Crippen LogP contribution in [0, 0.1) is 11.7 Å². The van der Waals surface area contributed by atoms with Crippen LogP contribution >= 0.6 is 23.2 Å². The molecule has 4 nitrogen and oxygen atoms in total. The summed E-state index contributed by atoms with van der Waals surface area (Å²) in [4.78, 5) is 24.4. The van der Waals surface area contributed by atoms with Crippen molar-refractivity contribution in [2.24, 2.45) is 5.92 Å². The van der Waals surface area contributed by atoms with E-state index in [0.717, 1.165) is 11.6 Å². The van der Waals surface area contributed by atoms with Crippen LogP contribution in [0.3, 0.4) is 0 Å². The fraction of sp³-hybridized carbons (Fsp3) is 0.263.